The van der Waals surface area contributed by atoms with Crippen LogP contribution in [0.2, 0.25) is 0 Å². The van der Waals surface area contributed by atoms with E-state index in [4.69, 9.17) is 4.74 Å². The minimum Gasteiger partial charge on any atom is -0.490 e. The van der Waals surface area contributed by atoms with Crippen molar-refractivity contribution < 1.29 is 9.13 Å². The number of benzene rings is 3. The third-order valence-electron chi connectivity index (χ3n) is 5.92. The number of halogens is 1. The van der Waals surface area contributed by atoms with Gasteiger partial charge in [0.15, 0.2) is 5.82 Å². The number of nitrogens with zero attached hydrogens (tertiary/aromatic N) is 3. The lowest BCUT2D eigenvalue weighted by Gasteiger charge is -2.11. The Morgan fingerprint density at radius 2 is 1.74 bits per heavy atom. The summed E-state index contributed by atoms with van der Waals surface area (Å²) in [6.07, 6.45) is 7.95. The molecule has 0 N–H and O–H groups in total. The average molecular weight is 464 g/mol. The van der Waals surface area contributed by atoms with Crippen molar-refractivity contribution in [3.8, 4) is 39.7 Å². The fraction of sp³-hybridized carbons (Fsp3) is 0.133. The summed E-state index contributed by atoms with van der Waals surface area (Å²) in [5.41, 5.74) is 7.00. The van der Waals surface area contributed by atoms with Crippen molar-refractivity contribution in [2.24, 2.45) is 0 Å². The standard InChI is InChI=1S/C30H26FN3O/c1-3-4-16-35-26-12-13-27(21(2)17-26)23-10-8-22(9-11-23)19-34-15-14-28-29(20-34)33-30(32-28)24-6-5-7-25(31)18-24/h3-15,17-18,20H,16,19H2,1-2H3/b4-3+. The number of fused-ring (bicyclic) bond motifs is 1. The van der Waals surface area contributed by atoms with Gasteiger partial charge in [-0.2, -0.15) is 0 Å². The molecular formula is C30H26FN3O. The quantitative estimate of drug-likeness (QED) is 0.240. The molecule has 0 spiro atoms. The van der Waals surface area contributed by atoms with Crippen molar-refractivity contribution >= 4 is 0 Å². The van der Waals surface area contributed by atoms with Crippen molar-refractivity contribution in [1.82, 2.24) is 14.5 Å². The Balaban J connectivity index is 1.31. The SMILES string of the molecule is C/C=C/COc1ccc(-c2ccc(Cn3ccc4nc(-c5cccc(F)c5)nc-4c3)cc2)c(C)c1. The summed E-state index contributed by atoms with van der Waals surface area (Å²) >= 11 is 0. The van der Waals surface area contributed by atoms with Gasteiger partial charge in [-0.3, -0.25) is 0 Å². The van der Waals surface area contributed by atoms with E-state index in [2.05, 4.69) is 57.9 Å². The van der Waals surface area contributed by atoms with E-state index in [1.54, 1.807) is 6.07 Å². The molecule has 0 unspecified atom stereocenters. The van der Waals surface area contributed by atoms with Gasteiger partial charge < -0.3 is 9.30 Å². The molecule has 0 fully saturated rings. The lowest BCUT2D eigenvalue weighted by Crippen LogP contribution is -2.01. The van der Waals surface area contributed by atoms with Crippen LogP contribution in [0.3, 0.4) is 0 Å². The minimum absolute atomic E-state index is 0.293. The fourth-order valence-corrected chi connectivity index (χ4v) is 4.10. The number of imidazole rings is 1. The molecule has 0 saturated heterocycles. The van der Waals surface area contributed by atoms with Gasteiger partial charge in [0, 0.05) is 24.5 Å². The molecule has 35 heavy (non-hydrogen) atoms. The van der Waals surface area contributed by atoms with Crippen molar-refractivity contribution in [1.29, 1.82) is 0 Å². The Morgan fingerprint density at radius 3 is 2.51 bits per heavy atom. The second-order valence-corrected chi connectivity index (χ2v) is 8.50. The van der Waals surface area contributed by atoms with E-state index in [-0.39, 0.29) is 5.82 Å². The molecule has 0 radical (unpaired) electrons. The van der Waals surface area contributed by atoms with Gasteiger partial charge in [-0.25, -0.2) is 14.4 Å². The molecule has 0 atom stereocenters. The summed E-state index contributed by atoms with van der Waals surface area (Å²) in [5.74, 6) is 1.12. The van der Waals surface area contributed by atoms with Gasteiger partial charge in [0.25, 0.3) is 0 Å². The smallest absolute Gasteiger partial charge is 0.160 e. The first-order valence-corrected chi connectivity index (χ1v) is 11.6. The van der Waals surface area contributed by atoms with Crippen LogP contribution in [0.5, 0.6) is 5.75 Å². The van der Waals surface area contributed by atoms with E-state index in [0.29, 0.717) is 18.0 Å². The van der Waals surface area contributed by atoms with E-state index < -0.39 is 0 Å². The first-order chi connectivity index (χ1) is 17.1. The number of aryl methyl sites for hydroxylation is 1. The molecule has 5 rings (SSSR count). The Hall–Kier alpha value is -4.25. The minimum atomic E-state index is -0.293. The molecule has 0 bridgehead atoms. The van der Waals surface area contributed by atoms with Gasteiger partial charge in [-0.1, -0.05) is 54.6 Å². The normalized spacial score (nSPS) is 11.4. The van der Waals surface area contributed by atoms with Gasteiger partial charge in [0.05, 0.1) is 5.69 Å². The highest BCUT2D eigenvalue weighted by atomic mass is 19.1. The highest BCUT2D eigenvalue weighted by Crippen LogP contribution is 2.28. The summed E-state index contributed by atoms with van der Waals surface area (Å²) in [5, 5.41) is 0. The zero-order valence-electron chi connectivity index (χ0n) is 19.8. The van der Waals surface area contributed by atoms with Crippen LogP contribution in [0.25, 0.3) is 33.9 Å². The molecule has 0 aromatic heterocycles. The average Bonchev–Trinajstić information content (AvgIpc) is 3.29. The van der Waals surface area contributed by atoms with Gasteiger partial charge >= 0.3 is 0 Å². The van der Waals surface area contributed by atoms with Crippen LogP contribution in [0.1, 0.15) is 18.1 Å². The number of ether oxygens (including phenoxy) is 1. The predicted octanol–water partition coefficient (Wildman–Crippen LogP) is 7.17. The first kappa shape index (κ1) is 22.5. The lowest BCUT2D eigenvalue weighted by atomic mass is 9.99. The Labute approximate surface area is 204 Å². The molecule has 0 aliphatic carbocycles. The number of pyridine rings is 1. The van der Waals surface area contributed by atoms with Gasteiger partial charge in [0.2, 0.25) is 0 Å². The zero-order valence-corrected chi connectivity index (χ0v) is 19.8. The maximum Gasteiger partial charge on any atom is 0.160 e. The lowest BCUT2D eigenvalue weighted by molar-refractivity contribution is 0.362. The molecule has 2 aliphatic rings. The summed E-state index contributed by atoms with van der Waals surface area (Å²) in [6, 6.07) is 23.1. The number of aromatic nitrogens is 3. The van der Waals surface area contributed by atoms with Crippen LogP contribution in [-0.2, 0) is 6.54 Å². The number of hydrogen-bond acceptors (Lipinski definition) is 3. The van der Waals surface area contributed by atoms with E-state index in [9.17, 15) is 4.39 Å². The molecule has 2 heterocycles. The monoisotopic (exact) mass is 463 g/mol. The van der Waals surface area contributed by atoms with Crippen LogP contribution < -0.4 is 4.74 Å². The van der Waals surface area contributed by atoms with Crippen LogP contribution in [0.4, 0.5) is 4.39 Å². The Morgan fingerprint density at radius 1 is 0.914 bits per heavy atom. The topological polar surface area (TPSA) is 39.9 Å². The number of rotatable bonds is 7. The third-order valence-corrected chi connectivity index (χ3v) is 5.92. The van der Waals surface area contributed by atoms with Gasteiger partial charge in [0.1, 0.15) is 23.9 Å². The zero-order chi connectivity index (χ0) is 24.2. The van der Waals surface area contributed by atoms with E-state index >= 15 is 0 Å². The number of allylic oxidation sites excluding steroid dienone is 1. The van der Waals surface area contributed by atoms with Crippen LogP contribution in [0.15, 0.2) is 97.3 Å². The van der Waals surface area contributed by atoms with Crippen LogP contribution in [0, 0.1) is 12.7 Å². The maximum absolute atomic E-state index is 13.6. The summed E-state index contributed by atoms with van der Waals surface area (Å²) in [6.45, 7) is 5.39. The first-order valence-electron chi connectivity index (χ1n) is 11.6. The molecule has 0 amide bonds. The van der Waals surface area contributed by atoms with E-state index in [0.717, 1.165) is 23.7 Å². The van der Waals surface area contributed by atoms with E-state index in [1.807, 2.05) is 49.7 Å². The van der Waals surface area contributed by atoms with E-state index in [1.165, 1.54) is 34.4 Å². The molecule has 4 nitrogen and oxygen atoms in total. The molecule has 3 aromatic rings. The van der Waals surface area contributed by atoms with Gasteiger partial charge in [-0.05, 0) is 66.4 Å². The summed E-state index contributed by atoms with van der Waals surface area (Å²) in [4.78, 5) is 9.16. The molecule has 5 heteroatoms. The third kappa shape index (κ3) is 5.14. The van der Waals surface area contributed by atoms with Crippen molar-refractivity contribution in [3.63, 3.8) is 0 Å². The second kappa shape index (κ2) is 9.94. The molecule has 174 valence electrons. The van der Waals surface area contributed by atoms with Crippen molar-refractivity contribution in [2.75, 3.05) is 6.61 Å². The Bertz CT molecular complexity index is 1450. The number of hydrogen-bond donors (Lipinski definition) is 0. The maximum atomic E-state index is 13.6. The molecule has 2 aliphatic heterocycles. The van der Waals surface area contributed by atoms with Gasteiger partial charge in [-0.15, -0.1) is 0 Å². The highest BCUT2D eigenvalue weighted by Gasteiger charge is 2.13. The summed E-state index contributed by atoms with van der Waals surface area (Å²) < 4.78 is 21.4. The molecule has 0 saturated carbocycles. The largest absolute Gasteiger partial charge is 0.490 e. The molecule has 3 aromatic carbocycles. The highest BCUT2D eigenvalue weighted by molar-refractivity contribution is 5.68. The van der Waals surface area contributed by atoms with Crippen LogP contribution in [-0.4, -0.2) is 21.1 Å². The summed E-state index contributed by atoms with van der Waals surface area (Å²) in [7, 11) is 0. The molecular weight excluding hydrogens is 437 g/mol. The fourth-order valence-electron chi connectivity index (χ4n) is 4.10. The predicted molar refractivity (Wildman–Crippen MR) is 138 cm³/mol. The van der Waals surface area contributed by atoms with Crippen LogP contribution >= 0.6 is 0 Å². The Kier molecular flexibility index (Phi) is 6.40. The van der Waals surface area contributed by atoms with Crippen molar-refractivity contribution in [3.05, 3.63) is 114 Å². The van der Waals surface area contributed by atoms with Crippen molar-refractivity contribution in [2.45, 2.75) is 20.4 Å². The second-order valence-electron chi connectivity index (χ2n) is 8.50.